The average Bonchev–Trinajstić information content (AvgIpc) is 3.99. The van der Waals surface area contributed by atoms with E-state index in [2.05, 4.69) is 182 Å². The maximum atomic E-state index is 6.22. The molecule has 0 aliphatic rings. The van der Waals surface area contributed by atoms with E-state index in [1.165, 1.54) is 65.9 Å². The van der Waals surface area contributed by atoms with Crippen LogP contribution in [0, 0.1) is 0 Å². The molecule has 0 spiro atoms. The zero-order valence-corrected chi connectivity index (χ0v) is 33.1. The monoisotopic (exact) mass is 762 g/mol. The number of para-hydroxylation sites is 2. The molecule has 9 rings (SSSR count). The molecule has 0 unspecified atom stereocenters. The first-order valence-corrected chi connectivity index (χ1v) is 20.4. The molecular weight excluding hydrogens is 721 g/mol. The summed E-state index contributed by atoms with van der Waals surface area (Å²) in [6, 6.07) is 47.2. The molecule has 0 amide bonds. The minimum Gasteiger partial charge on any atom is -0.416 e. The number of aromatic nitrogens is 4. The Bertz CT molecular complexity index is 3230. The van der Waals surface area contributed by atoms with E-state index in [1.54, 1.807) is 0 Å². The third-order valence-electron chi connectivity index (χ3n) is 11.1. The first-order chi connectivity index (χ1) is 29.2. The lowest BCUT2D eigenvalue weighted by Gasteiger charge is -2.08. The van der Waals surface area contributed by atoms with Crippen molar-refractivity contribution in [2.45, 2.75) is 52.0 Å². The second-order valence-electron chi connectivity index (χ2n) is 14.8. The van der Waals surface area contributed by atoms with Crippen molar-refractivity contribution in [2.75, 3.05) is 0 Å². The Labute approximate surface area is 343 Å². The number of benzene rings is 6. The molecule has 5 heteroatoms. The number of aryl methyl sites for hydroxylation is 1. The zero-order valence-electron chi connectivity index (χ0n) is 33.1. The number of hydrogen-bond acceptors (Lipinski definition) is 3. The van der Waals surface area contributed by atoms with Gasteiger partial charge in [0.25, 0.3) is 0 Å². The van der Waals surface area contributed by atoms with E-state index >= 15 is 0 Å². The topological polar surface area (TPSA) is 48.8 Å². The van der Waals surface area contributed by atoms with E-state index in [0.717, 1.165) is 56.2 Å². The van der Waals surface area contributed by atoms with Gasteiger partial charge in [0.15, 0.2) is 0 Å². The summed E-state index contributed by atoms with van der Waals surface area (Å²) in [5.41, 5.74) is 27.5. The summed E-state index contributed by atoms with van der Waals surface area (Å²) in [6.45, 7) is 6.79. The van der Waals surface area contributed by atoms with E-state index in [4.69, 9.17) is 4.42 Å². The summed E-state index contributed by atoms with van der Waals surface area (Å²) in [4.78, 5) is 0. The highest BCUT2D eigenvalue weighted by atomic mass is 16.4. The molecule has 0 aliphatic carbocycles. The highest BCUT2D eigenvalue weighted by Gasteiger charge is 2.15. The molecule has 0 radical (unpaired) electrons. The minimum absolute atomic E-state index is 0.483. The van der Waals surface area contributed by atoms with Crippen LogP contribution in [0.3, 0.4) is 0 Å². The third kappa shape index (κ3) is 7.54. The SMILES string of the molecule is C=C=C=C=C=C=C=Cn1c2ccccc2c2cc(-c3ccc(-c4nnc(-c5ccc(-c6ccc7c(c6)c6ccccc6n7CCCCCCCC)cc5)o4)cc3)ccc21. The normalized spacial score (nSPS) is 10.9. The molecule has 0 aliphatic heterocycles. The van der Waals surface area contributed by atoms with Crippen LogP contribution in [0.15, 0.2) is 179 Å². The summed E-state index contributed by atoms with van der Waals surface area (Å²) in [5, 5.41) is 13.8. The molecule has 0 bridgehead atoms. The molecule has 0 fully saturated rings. The third-order valence-corrected chi connectivity index (χ3v) is 11.1. The van der Waals surface area contributed by atoms with Crippen molar-refractivity contribution in [1.29, 1.82) is 0 Å². The van der Waals surface area contributed by atoms with Crippen LogP contribution < -0.4 is 0 Å². The van der Waals surface area contributed by atoms with Gasteiger partial charge in [-0.2, -0.15) is 0 Å². The number of fused-ring (bicyclic) bond motifs is 6. The van der Waals surface area contributed by atoms with Gasteiger partial charge in [0, 0.05) is 50.2 Å². The van der Waals surface area contributed by atoms with E-state index in [1.807, 2.05) is 24.4 Å². The quantitative estimate of drug-likeness (QED) is 0.0920. The Morgan fingerprint density at radius 1 is 0.508 bits per heavy atom. The van der Waals surface area contributed by atoms with Gasteiger partial charge < -0.3 is 13.6 Å². The zero-order chi connectivity index (χ0) is 40.0. The molecule has 284 valence electrons. The van der Waals surface area contributed by atoms with Gasteiger partial charge in [-0.15, -0.1) is 10.2 Å². The standard InChI is InChI=1S/C54H42N4O/c1-3-5-7-9-11-17-35-57-49-21-15-13-19-45(49)47-37-43(31-33-51(47)57)39-23-27-41(28-24-39)53-55-56-54(59-53)42-29-25-40(26-30-42)44-32-34-52-48(38-44)46-20-14-16-22-50(46)58(52)36-18-12-10-8-6-4-2/h13-16,19-35,37-38H,1,4,6,8,10,12,18,36H2,2H3. The number of hydrogen-bond donors (Lipinski definition) is 0. The second kappa shape index (κ2) is 16.9. The van der Waals surface area contributed by atoms with Crippen molar-refractivity contribution in [1.82, 2.24) is 19.3 Å². The molecule has 0 atom stereocenters. The lowest BCUT2D eigenvalue weighted by Crippen LogP contribution is -1.97. The van der Waals surface area contributed by atoms with Gasteiger partial charge in [-0.25, -0.2) is 0 Å². The summed E-state index contributed by atoms with van der Waals surface area (Å²) >= 11 is 0. The highest BCUT2D eigenvalue weighted by Crippen LogP contribution is 2.36. The lowest BCUT2D eigenvalue weighted by atomic mass is 10.0. The van der Waals surface area contributed by atoms with Crippen LogP contribution in [0.25, 0.3) is 95.0 Å². The molecule has 5 nitrogen and oxygen atoms in total. The smallest absolute Gasteiger partial charge is 0.248 e. The van der Waals surface area contributed by atoms with Crippen molar-refractivity contribution in [3.63, 3.8) is 0 Å². The maximum Gasteiger partial charge on any atom is 0.248 e. The first kappa shape index (κ1) is 37.1. The lowest BCUT2D eigenvalue weighted by molar-refractivity contribution is 0.571. The van der Waals surface area contributed by atoms with Gasteiger partial charge in [0.1, 0.15) is 0 Å². The summed E-state index contributed by atoms with van der Waals surface area (Å²) in [7, 11) is 0. The van der Waals surface area contributed by atoms with E-state index in [-0.39, 0.29) is 0 Å². The van der Waals surface area contributed by atoms with Crippen molar-refractivity contribution >= 4 is 49.8 Å². The maximum absolute atomic E-state index is 6.22. The van der Waals surface area contributed by atoms with Gasteiger partial charge in [0.2, 0.25) is 11.8 Å². The summed E-state index contributed by atoms with van der Waals surface area (Å²) < 4.78 is 10.8. The fourth-order valence-corrected chi connectivity index (χ4v) is 8.15. The molecule has 3 heterocycles. The number of rotatable bonds is 12. The van der Waals surface area contributed by atoms with Crippen LogP contribution >= 0.6 is 0 Å². The van der Waals surface area contributed by atoms with E-state index < -0.39 is 0 Å². The fraction of sp³-hybridized carbons (Fsp3) is 0.148. The summed E-state index contributed by atoms with van der Waals surface area (Å²) in [5.74, 6) is 0.975. The van der Waals surface area contributed by atoms with Gasteiger partial charge in [-0.3, -0.25) is 0 Å². The van der Waals surface area contributed by atoms with Gasteiger partial charge in [-0.1, -0.05) is 118 Å². The molecule has 9 aromatic rings. The van der Waals surface area contributed by atoms with Crippen LogP contribution in [0.1, 0.15) is 45.4 Å². The van der Waals surface area contributed by atoms with Crippen LogP contribution in [0.5, 0.6) is 0 Å². The minimum atomic E-state index is 0.483. The van der Waals surface area contributed by atoms with Crippen LogP contribution in [0.4, 0.5) is 0 Å². The molecular formula is C54H42N4O. The molecule has 59 heavy (non-hydrogen) atoms. The number of nitrogens with zero attached hydrogens (tertiary/aromatic N) is 4. The van der Waals surface area contributed by atoms with Crippen molar-refractivity contribution < 1.29 is 4.42 Å². The average molecular weight is 763 g/mol. The summed E-state index contributed by atoms with van der Waals surface area (Å²) in [6.07, 6.45) is 9.62. The predicted octanol–water partition coefficient (Wildman–Crippen LogP) is 14.3. The van der Waals surface area contributed by atoms with E-state index in [9.17, 15) is 0 Å². The van der Waals surface area contributed by atoms with Crippen LogP contribution in [0.2, 0.25) is 0 Å². The molecule has 0 N–H and O–H groups in total. The Hall–Kier alpha value is -7.52. The van der Waals surface area contributed by atoms with Crippen LogP contribution in [-0.2, 0) is 6.54 Å². The largest absolute Gasteiger partial charge is 0.416 e. The Morgan fingerprint density at radius 3 is 1.66 bits per heavy atom. The van der Waals surface area contributed by atoms with Crippen LogP contribution in [-0.4, -0.2) is 19.3 Å². The number of unbranched alkanes of at least 4 members (excludes halogenated alkanes) is 5. The second-order valence-corrected chi connectivity index (χ2v) is 14.8. The molecule has 6 aromatic carbocycles. The predicted molar refractivity (Wildman–Crippen MR) is 243 cm³/mol. The highest BCUT2D eigenvalue weighted by molar-refractivity contribution is 6.11. The molecule has 0 saturated heterocycles. The van der Waals surface area contributed by atoms with Crippen molar-refractivity contribution in [3.05, 3.63) is 174 Å². The van der Waals surface area contributed by atoms with E-state index in [0.29, 0.717) is 11.8 Å². The van der Waals surface area contributed by atoms with Crippen molar-refractivity contribution in [3.8, 4) is 45.2 Å². The Balaban J connectivity index is 0.929. The van der Waals surface area contributed by atoms with Gasteiger partial charge in [-0.05, 0) is 125 Å². The molecule has 3 aromatic heterocycles. The fourth-order valence-electron chi connectivity index (χ4n) is 8.15. The van der Waals surface area contributed by atoms with Gasteiger partial charge in [0.05, 0.1) is 17.2 Å². The Morgan fingerprint density at radius 2 is 1.00 bits per heavy atom. The van der Waals surface area contributed by atoms with Gasteiger partial charge >= 0.3 is 0 Å². The molecule has 0 saturated carbocycles. The Kier molecular flexibility index (Phi) is 10.6. The first-order valence-electron chi connectivity index (χ1n) is 20.4. The van der Waals surface area contributed by atoms with Crippen molar-refractivity contribution in [2.24, 2.45) is 0 Å².